The Morgan fingerprint density at radius 1 is 0.767 bits per heavy atom. The number of allylic oxidation sites excluding steroid dienone is 8. The van der Waals surface area contributed by atoms with Gasteiger partial charge in [-0.05, 0) is 125 Å². The van der Waals surface area contributed by atoms with Crippen LogP contribution in [0.2, 0.25) is 0 Å². The summed E-state index contributed by atoms with van der Waals surface area (Å²) in [7, 11) is -3.28. The van der Waals surface area contributed by atoms with E-state index in [1.54, 1.807) is 4.90 Å². The highest BCUT2D eigenvalue weighted by atomic mass is 32.2. The Morgan fingerprint density at radius 3 is 1.86 bits per heavy atom. The normalized spacial score (nSPS) is 23.6. The Kier molecular flexibility index (Phi) is 17.3. The average molecular weight is 1030 g/mol. The van der Waals surface area contributed by atoms with Gasteiger partial charge in [0.2, 0.25) is 0 Å². The number of rotatable bonds is 20. The molecule has 2 aromatic carbocycles. The quantitative estimate of drug-likeness (QED) is 0.0840. The fourth-order valence-corrected chi connectivity index (χ4v) is 11.6. The van der Waals surface area contributed by atoms with Gasteiger partial charge in [0.05, 0.1) is 47.9 Å². The van der Waals surface area contributed by atoms with Crippen molar-refractivity contribution in [3.05, 3.63) is 92.1 Å². The molecule has 5 aliphatic rings. The van der Waals surface area contributed by atoms with E-state index < -0.39 is 51.5 Å². The lowest BCUT2D eigenvalue weighted by atomic mass is 9.84. The molecule has 398 valence electrons. The summed E-state index contributed by atoms with van der Waals surface area (Å²) in [5.74, 6) is -0.630. The van der Waals surface area contributed by atoms with Crippen molar-refractivity contribution in [2.75, 3.05) is 31.1 Å². The second kappa shape index (κ2) is 22.9. The van der Waals surface area contributed by atoms with E-state index in [4.69, 9.17) is 18.9 Å². The standard InChI is InChI=1S/C56H75N3O13S/c1-35(2)14-9-16-37(5)18-11-21-55(7)47(62)30-41-45(61)28-39-44(50(41)71-55)33-59(53(39)65)49(69-34-60)20-13-23-58-32-43-40(52(58)64)29-46(70-54(66)57-24-26-73(67,68)27-25-57)42-31-48(63)56(8,72-51(42)43)22-12-19-38(6)17-10-15-36(3)4/h14-15,18-19,28-29,34,47-49,61-63H,9-13,16-17,20-27,30-33H2,1-8H3/b37-18+,38-19+/t47-,48-,49?,55+,56+/m0/s1. The molecule has 5 atom stereocenters. The molecule has 17 heteroatoms. The van der Waals surface area contributed by atoms with Crippen LogP contribution in [0.25, 0.3) is 0 Å². The van der Waals surface area contributed by atoms with Crippen LogP contribution in [0.1, 0.15) is 163 Å². The smallest absolute Gasteiger partial charge is 0.415 e. The van der Waals surface area contributed by atoms with Crippen LogP contribution < -0.4 is 14.2 Å². The number of aromatic hydroxyl groups is 1. The molecule has 7 rings (SSSR count). The van der Waals surface area contributed by atoms with Crippen LogP contribution in [0.5, 0.6) is 23.0 Å². The van der Waals surface area contributed by atoms with Crippen molar-refractivity contribution >= 4 is 34.2 Å². The Bertz CT molecular complexity index is 2690. The second-order valence-electron chi connectivity index (χ2n) is 21.5. The molecule has 16 nitrogen and oxygen atoms in total. The summed E-state index contributed by atoms with van der Waals surface area (Å²) >= 11 is 0. The SMILES string of the molecule is CC(C)=CCC/C(C)=C/CC[C@@]1(C)Oc2c(c(O)cc3c2CN(C(CCCN2Cc4c(cc(OC(=O)N5CCS(=O)(=O)CC5)c5c4O[C@](C)(CC/C=C(\C)CCC=C(C)C)[C@@H](O)C5)C2=O)OC=O)C3=O)C[C@@H]1O. The van der Waals surface area contributed by atoms with Gasteiger partial charge in [-0.15, -0.1) is 0 Å². The van der Waals surface area contributed by atoms with E-state index in [1.807, 2.05) is 13.8 Å². The molecule has 2 aromatic rings. The molecule has 0 aromatic heterocycles. The van der Waals surface area contributed by atoms with Crippen LogP contribution in [0, 0.1) is 0 Å². The van der Waals surface area contributed by atoms with E-state index in [1.165, 1.54) is 44.2 Å². The van der Waals surface area contributed by atoms with Gasteiger partial charge >= 0.3 is 6.09 Å². The van der Waals surface area contributed by atoms with Crippen molar-refractivity contribution in [3.63, 3.8) is 0 Å². The Morgan fingerprint density at radius 2 is 1.30 bits per heavy atom. The molecule has 5 heterocycles. The third-order valence-electron chi connectivity index (χ3n) is 15.2. The number of sulfone groups is 1. The van der Waals surface area contributed by atoms with Crippen molar-refractivity contribution in [1.29, 1.82) is 0 Å². The molecule has 5 aliphatic heterocycles. The van der Waals surface area contributed by atoms with E-state index in [2.05, 4.69) is 65.8 Å². The predicted molar refractivity (Wildman–Crippen MR) is 276 cm³/mol. The van der Waals surface area contributed by atoms with E-state index in [0.717, 1.165) is 25.7 Å². The van der Waals surface area contributed by atoms with Gasteiger partial charge < -0.3 is 44.1 Å². The van der Waals surface area contributed by atoms with E-state index in [9.17, 15) is 42.9 Å². The first-order chi connectivity index (χ1) is 34.5. The number of phenols is 1. The van der Waals surface area contributed by atoms with Crippen LogP contribution in [-0.4, -0.2) is 124 Å². The highest BCUT2D eigenvalue weighted by Gasteiger charge is 2.47. The number of phenolic OH excluding ortho intramolecular Hbond substituents is 1. The number of benzene rings is 2. The van der Waals surface area contributed by atoms with E-state index in [0.29, 0.717) is 65.9 Å². The van der Waals surface area contributed by atoms with Gasteiger partial charge in [-0.1, -0.05) is 46.6 Å². The van der Waals surface area contributed by atoms with Crippen LogP contribution in [-0.2, 0) is 45.3 Å². The van der Waals surface area contributed by atoms with Crippen LogP contribution >= 0.6 is 0 Å². The van der Waals surface area contributed by atoms with Gasteiger partial charge in [0.15, 0.2) is 16.1 Å². The number of aliphatic hydroxyl groups is 2. The number of ether oxygens (including phenoxy) is 4. The molecular formula is C56H75N3O13S. The highest BCUT2D eigenvalue weighted by Crippen LogP contribution is 2.49. The maximum Gasteiger partial charge on any atom is 0.415 e. The maximum atomic E-state index is 14.3. The minimum Gasteiger partial charge on any atom is -0.508 e. The van der Waals surface area contributed by atoms with Gasteiger partial charge in [-0.25, -0.2) is 13.2 Å². The molecule has 1 fully saturated rings. The van der Waals surface area contributed by atoms with Gasteiger partial charge in [0, 0.05) is 61.2 Å². The summed E-state index contributed by atoms with van der Waals surface area (Å²) in [6.07, 6.45) is 11.6. The summed E-state index contributed by atoms with van der Waals surface area (Å²) in [4.78, 5) is 58.3. The molecule has 1 saturated heterocycles. The average Bonchev–Trinajstić information content (AvgIpc) is 3.81. The summed E-state index contributed by atoms with van der Waals surface area (Å²) in [6.45, 7) is 16.7. The fourth-order valence-electron chi connectivity index (χ4n) is 10.4. The fraction of sp³-hybridized carbons (Fsp3) is 0.571. The first-order valence-corrected chi connectivity index (χ1v) is 27.6. The molecule has 1 unspecified atom stereocenters. The van der Waals surface area contributed by atoms with Gasteiger partial charge in [-0.2, -0.15) is 0 Å². The molecule has 3 N–H and O–H groups in total. The van der Waals surface area contributed by atoms with Gasteiger partial charge in [-0.3, -0.25) is 19.3 Å². The summed E-state index contributed by atoms with van der Waals surface area (Å²) in [6, 6.07) is 2.88. The van der Waals surface area contributed by atoms with E-state index >= 15 is 0 Å². The van der Waals surface area contributed by atoms with Crippen molar-refractivity contribution < 1.29 is 61.9 Å². The topological polar surface area (TPSA) is 210 Å². The number of carbonyl (C=O) groups excluding carboxylic acids is 4. The summed E-state index contributed by atoms with van der Waals surface area (Å²) < 4.78 is 49.1. The lowest BCUT2D eigenvalue weighted by molar-refractivity contribution is -0.141. The minimum atomic E-state index is -3.28. The number of nitrogens with zero attached hydrogens (tertiary/aromatic N) is 3. The first-order valence-electron chi connectivity index (χ1n) is 25.8. The second-order valence-corrected chi connectivity index (χ2v) is 23.8. The van der Waals surface area contributed by atoms with Crippen LogP contribution in [0.3, 0.4) is 0 Å². The molecule has 0 radical (unpaired) electrons. The molecule has 0 spiro atoms. The van der Waals surface area contributed by atoms with Crippen molar-refractivity contribution in [1.82, 2.24) is 14.7 Å². The molecule has 0 aliphatic carbocycles. The van der Waals surface area contributed by atoms with Crippen molar-refractivity contribution in [3.8, 4) is 23.0 Å². The van der Waals surface area contributed by atoms with E-state index in [-0.39, 0.29) is 98.5 Å². The molecule has 0 saturated carbocycles. The Balaban J connectivity index is 1.06. The van der Waals surface area contributed by atoms with Crippen LogP contribution in [0.15, 0.2) is 58.7 Å². The van der Waals surface area contributed by atoms with Crippen LogP contribution in [0.4, 0.5) is 4.79 Å². The number of hydrogen-bond acceptors (Lipinski definition) is 13. The number of carbonyl (C=O) groups is 4. The highest BCUT2D eigenvalue weighted by molar-refractivity contribution is 7.91. The van der Waals surface area contributed by atoms with Crippen molar-refractivity contribution in [2.45, 2.75) is 175 Å². The summed E-state index contributed by atoms with van der Waals surface area (Å²) in [5, 5.41) is 34.2. The third kappa shape index (κ3) is 12.7. The molecule has 0 bridgehead atoms. The number of hydrogen-bond donors (Lipinski definition) is 3. The lowest BCUT2D eigenvalue weighted by Gasteiger charge is -2.41. The Hall–Kier alpha value is -5.65. The third-order valence-corrected chi connectivity index (χ3v) is 16.8. The van der Waals surface area contributed by atoms with Gasteiger partial charge in [0.1, 0.15) is 34.2 Å². The number of amides is 3. The lowest BCUT2D eigenvalue weighted by Crippen LogP contribution is -2.49. The zero-order valence-electron chi connectivity index (χ0n) is 43.9. The summed E-state index contributed by atoms with van der Waals surface area (Å²) in [5.41, 5.74) is 5.34. The zero-order valence-corrected chi connectivity index (χ0v) is 44.7. The number of aliphatic hydroxyl groups excluding tert-OH is 2. The zero-order chi connectivity index (χ0) is 53.0. The Labute approximate surface area is 430 Å². The first kappa shape index (κ1) is 55.1. The van der Waals surface area contributed by atoms with Crippen molar-refractivity contribution in [2.24, 2.45) is 0 Å². The maximum absolute atomic E-state index is 14.3. The number of fused-ring (bicyclic) bond motifs is 6. The molecular weight excluding hydrogens is 955 g/mol. The minimum absolute atomic E-state index is 0.0208. The molecule has 3 amide bonds. The largest absolute Gasteiger partial charge is 0.508 e. The molecule has 73 heavy (non-hydrogen) atoms. The predicted octanol–water partition coefficient (Wildman–Crippen LogP) is 8.57. The monoisotopic (exact) mass is 1030 g/mol. The van der Waals surface area contributed by atoms with Gasteiger partial charge in [0.25, 0.3) is 18.3 Å².